The molecule has 28 heavy (non-hydrogen) atoms. The Hall–Kier alpha value is -2.88. The topological polar surface area (TPSA) is 118 Å². The van der Waals surface area contributed by atoms with Gasteiger partial charge in [0, 0.05) is 25.4 Å². The van der Waals surface area contributed by atoms with Crippen molar-refractivity contribution in [3.63, 3.8) is 0 Å². The lowest BCUT2D eigenvalue weighted by Crippen LogP contribution is -2.31. The molecule has 2 aromatic heterocycles. The summed E-state index contributed by atoms with van der Waals surface area (Å²) in [6.45, 7) is 0. The third-order valence-corrected chi connectivity index (χ3v) is 4.78. The van der Waals surface area contributed by atoms with Crippen LogP contribution in [0.4, 0.5) is 20.3 Å². The number of primary amides is 1. The Morgan fingerprint density at radius 2 is 2.25 bits per heavy atom. The number of carbonyl (C=O) groups excluding carboxylic acids is 1. The van der Waals surface area contributed by atoms with Crippen LogP contribution in [-0.2, 0) is 0 Å². The number of aliphatic hydroxyl groups is 1. The zero-order chi connectivity index (χ0) is 20.3. The molecule has 2 heterocycles. The number of amides is 1. The summed E-state index contributed by atoms with van der Waals surface area (Å²) >= 11 is 0. The molecule has 0 radical (unpaired) electrons. The maximum atomic E-state index is 12.6. The van der Waals surface area contributed by atoms with E-state index in [1.54, 1.807) is 24.1 Å². The molecular weight excluding hydrogens is 370 g/mol. The molecule has 1 amide bonds. The number of nitrogens with one attached hydrogen (secondary N) is 1. The van der Waals surface area contributed by atoms with Gasteiger partial charge >= 0.3 is 0 Å². The highest BCUT2D eigenvalue weighted by molar-refractivity contribution is 5.98. The quantitative estimate of drug-likeness (QED) is 0.653. The Bertz CT molecular complexity index is 852. The summed E-state index contributed by atoms with van der Waals surface area (Å²) in [5.41, 5.74) is 5.72. The lowest BCUT2D eigenvalue weighted by Gasteiger charge is -2.32. The van der Waals surface area contributed by atoms with Gasteiger partial charge in [-0.1, -0.05) is 0 Å². The minimum Gasteiger partial charge on any atom is -0.393 e. The Balaban J connectivity index is 1.88. The van der Waals surface area contributed by atoms with Crippen molar-refractivity contribution in [3.05, 3.63) is 35.8 Å². The summed E-state index contributed by atoms with van der Waals surface area (Å²) in [6.07, 6.45) is 3.36. The number of hydrogen-bond acceptors (Lipinski definition) is 6. The standard InChI is InChI=1S/C18H22F2N6O2/c1-22-7-10-6-12(27)3-5-15(10)26-9-13(17(21)28)18(25-26)24-11-2-4-14(16(19)20)23-8-11/h2,4,7-10,12,15-16,27H,3,5-6H2,1H3,(H2,21,28)(H,24,25)/t10-,12-,15+/m1/s1. The number of nitrogens with two attached hydrogens (primary N) is 1. The number of anilines is 2. The maximum absolute atomic E-state index is 12.6. The second kappa shape index (κ2) is 8.42. The van der Waals surface area contributed by atoms with Gasteiger partial charge < -0.3 is 21.1 Å². The number of hydrogen-bond donors (Lipinski definition) is 3. The van der Waals surface area contributed by atoms with Crippen molar-refractivity contribution < 1.29 is 18.7 Å². The van der Waals surface area contributed by atoms with Gasteiger partial charge in [0.2, 0.25) is 0 Å². The van der Waals surface area contributed by atoms with Crippen molar-refractivity contribution in [2.24, 2.45) is 16.6 Å². The van der Waals surface area contributed by atoms with E-state index in [2.05, 4.69) is 20.4 Å². The van der Waals surface area contributed by atoms with E-state index < -0.39 is 18.4 Å². The number of rotatable bonds is 6. The molecule has 0 saturated heterocycles. The second-order valence-corrected chi connectivity index (χ2v) is 6.74. The highest BCUT2D eigenvalue weighted by Gasteiger charge is 2.31. The Morgan fingerprint density at radius 3 is 2.86 bits per heavy atom. The van der Waals surface area contributed by atoms with Crippen LogP contribution in [0.1, 0.15) is 47.8 Å². The summed E-state index contributed by atoms with van der Waals surface area (Å²) in [6, 6.07) is 2.55. The first-order valence-corrected chi connectivity index (χ1v) is 8.89. The van der Waals surface area contributed by atoms with E-state index in [0.717, 1.165) is 0 Å². The van der Waals surface area contributed by atoms with Crippen molar-refractivity contribution >= 4 is 23.6 Å². The average Bonchev–Trinajstić information content (AvgIpc) is 3.06. The largest absolute Gasteiger partial charge is 0.393 e. The molecule has 8 nitrogen and oxygen atoms in total. The summed E-state index contributed by atoms with van der Waals surface area (Å²) < 4.78 is 26.9. The average molecular weight is 392 g/mol. The van der Waals surface area contributed by atoms with Crippen LogP contribution in [0.15, 0.2) is 29.5 Å². The van der Waals surface area contributed by atoms with Gasteiger partial charge in [0.15, 0.2) is 5.82 Å². The van der Waals surface area contributed by atoms with E-state index in [1.807, 2.05) is 0 Å². The Kier molecular flexibility index (Phi) is 5.98. The van der Waals surface area contributed by atoms with E-state index in [-0.39, 0.29) is 29.0 Å². The SMILES string of the molecule is CN=C[C@H]1C[C@H](O)CC[C@@H]1n1cc(C(N)=O)c(Nc2ccc(C(F)F)nc2)n1. The van der Waals surface area contributed by atoms with E-state index >= 15 is 0 Å². The molecule has 4 N–H and O–H groups in total. The number of nitrogens with zero attached hydrogens (tertiary/aromatic N) is 4. The molecule has 150 valence electrons. The Labute approximate surface area is 160 Å². The van der Waals surface area contributed by atoms with Crippen molar-refractivity contribution in [2.75, 3.05) is 12.4 Å². The number of halogens is 2. The van der Waals surface area contributed by atoms with Crippen LogP contribution < -0.4 is 11.1 Å². The van der Waals surface area contributed by atoms with E-state index in [9.17, 15) is 18.7 Å². The fourth-order valence-electron chi connectivity index (χ4n) is 3.43. The normalized spacial score (nSPS) is 22.7. The summed E-state index contributed by atoms with van der Waals surface area (Å²) in [7, 11) is 1.67. The van der Waals surface area contributed by atoms with Crippen molar-refractivity contribution in [1.29, 1.82) is 0 Å². The first-order chi connectivity index (χ1) is 13.4. The predicted molar refractivity (Wildman–Crippen MR) is 100 cm³/mol. The molecule has 3 atom stereocenters. The monoisotopic (exact) mass is 392 g/mol. The van der Waals surface area contributed by atoms with Gasteiger partial charge in [0.05, 0.1) is 24.0 Å². The van der Waals surface area contributed by atoms with Crippen LogP contribution in [0, 0.1) is 5.92 Å². The van der Waals surface area contributed by atoms with E-state index in [4.69, 9.17) is 5.73 Å². The Morgan fingerprint density at radius 1 is 1.46 bits per heavy atom. The zero-order valence-corrected chi connectivity index (χ0v) is 15.3. The summed E-state index contributed by atoms with van der Waals surface area (Å²) in [4.78, 5) is 19.6. The van der Waals surface area contributed by atoms with E-state index in [1.165, 1.54) is 18.3 Å². The molecule has 1 aliphatic rings. The van der Waals surface area contributed by atoms with Crippen LogP contribution in [0.5, 0.6) is 0 Å². The smallest absolute Gasteiger partial charge is 0.280 e. The van der Waals surface area contributed by atoms with Crippen molar-refractivity contribution in [3.8, 4) is 0 Å². The molecule has 3 rings (SSSR count). The van der Waals surface area contributed by atoms with Crippen LogP contribution in [0.3, 0.4) is 0 Å². The molecule has 1 fully saturated rings. The van der Waals surface area contributed by atoms with Crippen LogP contribution >= 0.6 is 0 Å². The van der Waals surface area contributed by atoms with Crippen molar-refractivity contribution in [1.82, 2.24) is 14.8 Å². The highest BCUT2D eigenvalue weighted by Crippen LogP contribution is 2.34. The third kappa shape index (κ3) is 4.33. The van der Waals surface area contributed by atoms with Gasteiger partial charge in [-0.3, -0.25) is 14.5 Å². The lowest BCUT2D eigenvalue weighted by atomic mass is 9.83. The molecule has 10 heteroatoms. The summed E-state index contributed by atoms with van der Waals surface area (Å²) in [5.74, 6) is -0.478. The molecule has 1 aliphatic carbocycles. The van der Waals surface area contributed by atoms with Crippen LogP contribution in [0.25, 0.3) is 0 Å². The molecule has 0 aliphatic heterocycles. The van der Waals surface area contributed by atoms with Gasteiger partial charge in [0.25, 0.3) is 12.3 Å². The third-order valence-electron chi connectivity index (χ3n) is 4.78. The minimum absolute atomic E-state index is 0.0331. The molecule has 2 aromatic rings. The highest BCUT2D eigenvalue weighted by atomic mass is 19.3. The minimum atomic E-state index is -2.66. The first-order valence-electron chi connectivity index (χ1n) is 8.89. The van der Waals surface area contributed by atoms with Gasteiger partial charge in [-0.15, -0.1) is 0 Å². The molecule has 0 bridgehead atoms. The van der Waals surface area contributed by atoms with Crippen LogP contribution in [-0.4, -0.2) is 45.1 Å². The number of carbonyl (C=O) groups is 1. The predicted octanol–water partition coefficient (Wildman–Crippen LogP) is 2.46. The number of aliphatic hydroxyl groups excluding tert-OH is 1. The second-order valence-electron chi connectivity index (χ2n) is 6.74. The molecule has 0 aromatic carbocycles. The lowest BCUT2D eigenvalue weighted by molar-refractivity contribution is 0.0907. The van der Waals surface area contributed by atoms with Gasteiger partial charge in [-0.25, -0.2) is 8.78 Å². The number of alkyl halides is 2. The van der Waals surface area contributed by atoms with Gasteiger partial charge in [0.1, 0.15) is 11.3 Å². The molecule has 0 unspecified atom stereocenters. The fraction of sp³-hybridized carbons (Fsp3) is 0.444. The molecule has 1 saturated carbocycles. The van der Waals surface area contributed by atoms with Crippen LogP contribution in [0.2, 0.25) is 0 Å². The zero-order valence-electron chi connectivity index (χ0n) is 15.3. The number of aromatic nitrogens is 3. The maximum Gasteiger partial charge on any atom is 0.280 e. The van der Waals surface area contributed by atoms with Crippen molar-refractivity contribution in [2.45, 2.75) is 37.8 Å². The molecular formula is C18H22F2N6O2. The van der Waals surface area contributed by atoms with Gasteiger partial charge in [-0.05, 0) is 31.4 Å². The van der Waals surface area contributed by atoms with E-state index in [0.29, 0.717) is 24.9 Å². The molecule has 0 spiro atoms. The fourth-order valence-corrected chi connectivity index (χ4v) is 3.43. The number of aliphatic imine (C=N–C) groups is 1. The first kappa shape index (κ1) is 19.9. The van der Waals surface area contributed by atoms with Gasteiger partial charge in [-0.2, -0.15) is 5.10 Å². The summed E-state index contributed by atoms with van der Waals surface area (Å²) in [5, 5.41) is 17.3. The number of pyridine rings is 1.